The van der Waals surface area contributed by atoms with E-state index < -0.39 is 0 Å². The summed E-state index contributed by atoms with van der Waals surface area (Å²) in [5, 5.41) is 5.26. The van der Waals surface area contributed by atoms with E-state index >= 15 is 0 Å². The van der Waals surface area contributed by atoms with Gasteiger partial charge in [0.05, 0.1) is 22.3 Å². The van der Waals surface area contributed by atoms with Gasteiger partial charge in [0.15, 0.2) is 11.0 Å². The number of benzene rings is 3. The SMILES string of the molecule is Cc1ccc(-c2nc(CSc3nc4ccccc4c(=O)n3-c3ccccc3)no2)cc1. The zero-order chi connectivity index (χ0) is 21.2. The number of thioether (sulfide) groups is 1. The number of rotatable bonds is 5. The molecule has 5 rings (SSSR count). The standard InChI is InChI=1S/C24H18N4O2S/c1-16-11-13-17(14-12-16)22-26-21(27-30-22)15-31-24-25-20-10-6-5-9-19(20)23(29)28(24)18-7-3-2-4-8-18/h2-14H,15H2,1H3. The highest BCUT2D eigenvalue weighted by molar-refractivity contribution is 7.98. The lowest BCUT2D eigenvalue weighted by Gasteiger charge is -2.12. The predicted octanol–water partition coefficient (Wildman–Crippen LogP) is 5.04. The molecular formula is C24H18N4O2S. The smallest absolute Gasteiger partial charge is 0.266 e. The normalized spacial score (nSPS) is 11.1. The first kappa shape index (κ1) is 19.3. The summed E-state index contributed by atoms with van der Waals surface area (Å²) in [6.45, 7) is 2.03. The number of hydrogen-bond donors (Lipinski definition) is 0. The van der Waals surface area contributed by atoms with Crippen molar-refractivity contribution < 1.29 is 4.52 Å². The number of fused-ring (bicyclic) bond motifs is 1. The van der Waals surface area contributed by atoms with E-state index in [1.54, 1.807) is 10.6 Å². The zero-order valence-corrected chi connectivity index (χ0v) is 17.5. The summed E-state index contributed by atoms with van der Waals surface area (Å²) in [5.74, 6) is 1.44. The van der Waals surface area contributed by atoms with Crippen LogP contribution in [-0.4, -0.2) is 19.7 Å². The first-order valence-corrected chi connectivity index (χ1v) is 10.8. The minimum atomic E-state index is -0.104. The third-order valence-electron chi connectivity index (χ3n) is 4.86. The number of aryl methyl sites for hydroxylation is 1. The molecule has 31 heavy (non-hydrogen) atoms. The first-order chi connectivity index (χ1) is 15.2. The maximum Gasteiger partial charge on any atom is 0.266 e. The van der Waals surface area contributed by atoms with E-state index in [9.17, 15) is 4.79 Å². The van der Waals surface area contributed by atoms with E-state index in [0.717, 1.165) is 11.3 Å². The molecule has 0 saturated carbocycles. The van der Waals surface area contributed by atoms with Gasteiger partial charge in [-0.25, -0.2) is 4.98 Å². The van der Waals surface area contributed by atoms with Gasteiger partial charge in [0.1, 0.15) is 0 Å². The minimum Gasteiger partial charge on any atom is -0.334 e. The van der Waals surface area contributed by atoms with Gasteiger partial charge in [0.25, 0.3) is 11.4 Å². The van der Waals surface area contributed by atoms with Crippen LogP contribution in [0.15, 0.2) is 93.3 Å². The molecule has 2 heterocycles. The van der Waals surface area contributed by atoms with Crippen LogP contribution in [0.2, 0.25) is 0 Å². The van der Waals surface area contributed by atoms with Crippen molar-refractivity contribution in [3.63, 3.8) is 0 Å². The Morgan fingerprint density at radius 1 is 0.903 bits per heavy atom. The van der Waals surface area contributed by atoms with Crippen molar-refractivity contribution in [2.24, 2.45) is 0 Å². The molecule has 6 nitrogen and oxygen atoms in total. The first-order valence-electron chi connectivity index (χ1n) is 9.79. The highest BCUT2D eigenvalue weighted by Crippen LogP contribution is 2.25. The van der Waals surface area contributed by atoms with Gasteiger partial charge in [0, 0.05) is 5.56 Å². The lowest BCUT2D eigenvalue weighted by atomic mass is 10.1. The van der Waals surface area contributed by atoms with E-state index in [2.05, 4.69) is 10.1 Å². The Labute approximate surface area is 182 Å². The van der Waals surface area contributed by atoms with E-state index in [1.165, 1.54) is 17.3 Å². The molecule has 0 N–H and O–H groups in total. The maximum atomic E-state index is 13.2. The van der Waals surface area contributed by atoms with E-state index in [-0.39, 0.29) is 5.56 Å². The molecule has 0 aliphatic rings. The van der Waals surface area contributed by atoms with Crippen molar-refractivity contribution in [1.82, 2.24) is 19.7 Å². The number of para-hydroxylation sites is 2. The molecule has 152 valence electrons. The van der Waals surface area contributed by atoms with Gasteiger partial charge in [-0.1, -0.05) is 64.9 Å². The Balaban J connectivity index is 1.49. The van der Waals surface area contributed by atoms with Crippen LogP contribution in [0.1, 0.15) is 11.4 Å². The molecule has 0 saturated heterocycles. The zero-order valence-electron chi connectivity index (χ0n) is 16.7. The van der Waals surface area contributed by atoms with Gasteiger partial charge in [-0.05, 0) is 43.3 Å². The molecule has 0 atom stereocenters. The van der Waals surface area contributed by atoms with E-state index in [0.29, 0.717) is 33.5 Å². The average molecular weight is 427 g/mol. The van der Waals surface area contributed by atoms with E-state index in [1.807, 2.05) is 79.7 Å². The summed E-state index contributed by atoms with van der Waals surface area (Å²) in [4.78, 5) is 22.5. The second-order valence-electron chi connectivity index (χ2n) is 7.06. The fourth-order valence-corrected chi connectivity index (χ4v) is 4.12. The summed E-state index contributed by atoms with van der Waals surface area (Å²) in [6, 6.07) is 24.8. The molecule has 0 unspecified atom stereocenters. The van der Waals surface area contributed by atoms with Gasteiger partial charge in [0.2, 0.25) is 0 Å². The summed E-state index contributed by atoms with van der Waals surface area (Å²) < 4.78 is 7.06. The van der Waals surface area contributed by atoms with Crippen LogP contribution >= 0.6 is 11.8 Å². The summed E-state index contributed by atoms with van der Waals surface area (Å²) in [5.41, 5.74) is 3.37. The van der Waals surface area contributed by atoms with Gasteiger partial charge < -0.3 is 4.52 Å². The van der Waals surface area contributed by atoms with Crippen molar-refractivity contribution in [3.8, 4) is 17.1 Å². The highest BCUT2D eigenvalue weighted by atomic mass is 32.2. The molecule has 0 amide bonds. The molecule has 2 aromatic heterocycles. The predicted molar refractivity (Wildman–Crippen MR) is 121 cm³/mol. The van der Waals surface area contributed by atoms with Crippen LogP contribution in [0.3, 0.4) is 0 Å². The van der Waals surface area contributed by atoms with Crippen molar-refractivity contribution in [1.29, 1.82) is 0 Å². The summed E-state index contributed by atoms with van der Waals surface area (Å²) in [7, 11) is 0. The second-order valence-corrected chi connectivity index (χ2v) is 8.00. The van der Waals surface area contributed by atoms with Gasteiger partial charge in [-0.3, -0.25) is 9.36 Å². The van der Waals surface area contributed by atoms with Crippen LogP contribution in [0, 0.1) is 6.92 Å². The Bertz CT molecular complexity index is 1410. The molecule has 0 aliphatic heterocycles. The van der Waals surface area contributed by atoms with Crippen LogP contribution in [0.5, 0.6) is 0 Å². The summed E-state index contributed by atoms with van der Waals surface area (Å²) in [6.07, 6.45) is 0. The molecular weight excluding hydrogens is 408 g/mol. The van der Waals surface area contributed by atoms with Crippen LogP contribution in [0.4, 0.5) is 0 Å². The van der Waals surface area contributed by atoms with Crippen molar-refractivity contribution in [3.05, 3.63) is 101 Å². The highest BCUT2D eigenvalue weighted by Gasteiger charge is 2.15. The van der Waals surface area contributed by atoms with E-state index in [4.69, 9.17) is 9.51 Å². The third-order valence-corrected chi connectivity index (χ3v) is 5.79. The Morgan fingerprint density at radius 3 is 2.45 bits per heavy atom. The third kappa shape index (κ3) is 3.87. The number of nitrogens with zero attached hydrogens (tertiary/aromatic N) is 4. The fraction of sp³-hybridized carbons (Fsp3) is 0.0833. The monoisotopic (exact) mass is 426 g/mol. The molecule has 0 spiro atoms. The number of hydrogen-bond acceptors (Lipinski definition) is 6. The molecule has 5 aromatic rings. The molecule has 0 radical (unpaired) electrons. The van der Waals surface area contributed by atoms with Gasteiger partial charge in [-0.2, -0.15) is 4.98 Å². The molecule has 0 aliphatic carbocycles. The van der Waals surface area contributed by atoms with Crippen LogP contribution in [-0.2, 0) is 5.75 Å². The topological polar surface area (TPSA) is 73.8 Å². The largest absolute Gasteiger partial charge is 0.334 e. The molecule has 0 fully saturated rings. The average Bonchev–Trinajstić information content (AvgIpc) is 3.28. The maximum absolute atomic E-state index is 13.2. The lowest BCUT2D eigenvalue weighted by molar-refractivity contribution is 0.425. The fourth-order valence-electron chi connectivity index (χ4n) is 3.27. The van der Waals surface area contributed by atoms with Gasteiger partial charge in [-0.15, -0.1) is 0 Å². The second kappa shape index (κ2) is 8.20. The molecule has 7 heteroatoms. The van der Waals surface area contributed by atoms with Crippen molar-refractivity contribution in [2.75, 3.05) is 0 Å². The molecule has 0 bridgehead atoms. The lowest BCUT2D eigenvalue weighted by Crippen LogP contribution is -2.21. The Kier molecular flexibility index (Phi) is 5.09. The minimum absolute atomic E-state index is 0.104. The van der Waals surface area contributed by atoms with Crippen molar-refractivity contribution in [2.45, 2.75) is 17.8 Å². The van der Waals surface area contributed by atoms with Crippen LogP contribution < -0.4 is 5.56 Å². The Hall–Kier alpha value is -3.71. The number of aromatic nitrogens is 4. The molecule has 3 aromatic carbocycles. The van der Waals surface area contributed by atoms with Gasteiger partial charge >= 0.3 is 0 Å². The van der Waals surface area contributed by atoms with Crippen LogP contribution in [0.25, 0.3) is 28.0 Å². The van der Waals surface area contributed by atoms with Crippen molar-refractivity contribution >= 4 is 22.7 Å². The summed E-state index contributed by atoms with van der Waals surface area (Å²) >= 11 is 1.40. The quantitative estimate of drug-likeness (QED) is 0.290. The Morgan fingerprint density at radius 2 is 1.65 bits per heavy atom.